The van der Waals surface area contributed by atoms with Crippen LogP contribution in [-0.2, 0) is 0 Å². The van der Waals surface area contributed by atoms with Crippen LogP contribution in [0.3, 0.4) is 0 Å². The number of imidazole rings is 1. The molecule has 144 valence electrons. The molecule has 0 N–H and O–H groups in total. The molecular formula is C23H27N5. The molecule has 1 aromatic carbocycles. The van der Waals surface area contributed by atoms with Crippen molar-refractivity contribution in [3.63, 3.8) is 0 Å². The van der Waals surface area contributed by atoms with Crippen LogP contribution in [0.25, 0.3) is 16.7 Å². The maximum absolute atomic E-state index is 9.70. The van der Waals surface area contributed by atoms with Gasteiger partial charge in [-0.05, 0) is 69.8 Å². The van der Waals surface area contributed by atoms with Crippen molar-refractivity contribution in [2.75, 3.05) is 24.5 Å². The van der Waals surface area contributed by atoms with E-state index in [1.807, 2.05) is 25.1 Å². The Morgan fingerprint density at radius 1 is 1.11 bits per heavy atom. The highest BCUT2D eigenvalue weighted by atomic mass is 15.3. The normalized spacial score (nSPS) is 21.6. The predicted molar refractivity (Wildman–Crippen MR) is 113 cm³/mol. The highest BCUT2D eigenvalue weighted by Gasteiger charge is 2.31. The second-order valence-electron chi connectivity index (χ2n) is 8.38. The Balaban J connectivity index is 1.54. The smallest absolute Gasteiger partial charge is 0.157 e. The van der Waals surface area contributed by atoms with Gasteiger partial charge in [-0.15, -0.1) is 0 Å². The van der Waals surface area contributed by atoms with E-state index in [1.54, 1.807) is 0 Å². The third-order valence-electron chi connectivity index (χ3n) is 6.73. The Kier molecular flexibility index (Phi) is 4.25. The fourth-order valence-electron chi connectivity index (χ4n) is 5.23. The van der Waals surface area contributed by atoms with Gasteiger partial charge in [0.2, 0.25) is 0 Å². The topological polar surface area (TPSA) is 47.6 Å². The molecule has 3 aromatic rings. The third kappa shape index (κ3) is 2.67. The second-order valence-corrected chi connectivity index (χ2v) is 8.38. The number of fused-ring (bicyclic) bond motifs is 3. The first kappa shape index (κ1) is 17.5. The largest absolute Gasteiger partial charge is 0.358 e. The van der Waals surface area contributed by atoms with Gasteiger partial charge in [-0.1, -0.05) is 12.1 Å². The zero-order valence-electron chi connectivity index (χ0n) is 16.7. The molecule has 2 aromatic heterocycles. The molecule has 1 atom stereocenters. The summed E-state index contributed by atoms with van der Waals surface area (Å²) in [6.45, 7) is 7.78. The maximum atomic E-state index is 9.70. The first-order chi connectivity index (χ1) is 13.7. The number of aryl methyl sites for hydroxylation is 1. The van der Waals surface area contributed by atoms with E-state index in [4.69, 9.17) is 4.98 Å². The molecule has 28 heavy (non-hydrogen) atoms. The Labute approximate surface area is 166 Å². The van der Waals surface area contributed by atoms with Crippen molar-refractivity contribution in [2.45, 2.75) is 51.6 Å². The van der Waals surface area contributed by atoms with Gasteiger partial charge in [0.1, 0.15) is 11.9 Å². The summed E-state index contributed by atoms with van der Waals surface area (Å²) in [6.07, 6.45) is 5.10. The van der Waals surface area contributed by atoms with E-state index in [2.05, 4.69) is 39.3 Å². The zero-order chi connectivity index (χ0) is 19.3. The lowest BCUT2D eigenvalue weighted by molar-refractivity contribution is 0.163. The first-order valence-electron chi connectivity index (χ1n) is 10.5. The molecule has 0 radical (unpaired) electrons. The highest BCUT2D eigenvalue weighted by molar-refractivity contribution is 5.85. The van der Waals surface area contributed by atoms with Gasteiger partial charge < -0.3 is 4.90 Å². The average molecular weight is 374 g/mol. The van der Waals surface area contributed by atoms with Gasteiger partial charge >= 0.3 is 0 Å². The Morgan fingerprint density at radius 2 is 1.89 bits per heavy atom. The molecule has 1 unspecified atom stereocenters. The monoisotopic (exact) mass is 373 g/mol. The van der Waals surface area contributed by atoms with Crippen LogP contribution in [0.15, 0.2) is 30.3 Å². The van der Waals surface area contributed by atoms with E-state index in [1.165, 1.54) is 38.0 Å². The molecule has 5 rings (SSSR count). The summed E-state index contributed by atoms with van der Waals surface area (Å²) in [7, 11) is 0. The van der Waals surface area contributed by atoms with Crippen LogP contribution in [0.4, 0.5) is 5.82 Å². The molecule has 0 bridgehead atoms. The van der Waals surface area contributed by atoms with E-state index < -0.39 is 0 Å². The summed E-state index contributed by atoms with van der Waals surface area (Å²) >= 11 is 0. The number of piperidine rings is 1. The van der Waals surface area contributed by atoms with E-state index in [0.29, 0.717) is 11.6 Å². The number of likely N-dealkylation sites (tertiary alicyclic amines) is 1. The van der Waals surface area contributed by atoms with Gasteiger partial charge in [0.15, 0.2) is 5.65 Å². The number of nitriles is 1. The molecule has 2 fully saturated rings. The lowest BCUT2D eigenvalue weighted by atomic mass is 10.0. The van der Waals surface area contributed by atoms with Crippen LogP contribution in [0, 0.1) is 18.3 Å². The van der Waals surface area contributed by atoms with E-state index in [9.17, 15) is 5.26 Å². The first-order valence-corrected chi connectivity index (χ1v) is 10.5. The molecule has 5 nitrogen and oxygen atoms in total. The number of anilines is 1. The molecule has 0 amide bonds. The van der Waals surface area contributed by atoms with Gasteiger partial charge in [-0.3, -0.25) is 9.30 Å². The SMILES string of the molecule is Cc1cc(N2CCC(N3CCCC3C)CC2)n2c(nc3ccccc32)c1C#N. The van der Waals surface area contributed by atoms with Crippen LogP contribution in [-0.4, -0.2) is 46.0 Å². The summed E-state index contributed by atoms with van der Waals surface area (Å²) in [5.74, 6) is 1.17. The molecule has 2 aliphatic rings. The maximum Gasteiger partial charge on any atom is 0.157 e. The molecular weight excluding hydrogens is 346 g/mol. The van der Waals surface area contributed by atoms with Gasteiger partial charge in [-0.25, -0.2) is 4.98 Å². The molecule has 2 saturated heterocycles. The van der Waals surface area contributed by atoms with Crippen molar-refractivity contribution in [1.82, 2.24) is 14.3 Å². The highest BCUT2D eigenvalue weighted by Crippen LogP contribution is 2.32. The quantitative estimate of drug-likeness (QED) is 0.678. The number of aromatic nitrogens is 2. The Morgan fingerprint density at radius 3 is 2.61 bits per heavy atom. The van der Waals surface area contributed by atoms with Crippen LogP contribution >= 0.6 is 0 Å². The van der Waals surface area contributed by atoms with Crippen LogP contribution in [0.5, 0.6) is 0 Å². The standard InChI is InChI=1S/C23H27N5/c1-16-14-22(26-12-9-18(10-13-26)27-11-5-6-17(27)2)28-21-8-4-3-7-20(21)25-23(28)19(16)15-24/h3-4,7-8,14,17-18H,5-6,9-13H2,1-2H3. The van der Waals surface area contributed by atoms with Crippen molar-refractivity contribution >= 4 is 22.5 Å². The lowest BCUT2D eigenvalue weighted by Gasteiger charge is -2.39. The minimum absolute atomic E-state index is 0.681. The van der Waals surface area contributed by atoms with Crippen molar-refractivity contribution < 1.29 is 0 Å². The van der Waals surface area contributed by atoms with E-state index in [0.717, 1.165) is 41.4 Å². The lowest BCUT2D eigenvalue weighted by Crippen LogP contribution is -2.46. The molecule has 4 heterocycles. The number of benzene rings is 1. The Bertz CT molecular complexity index is 1070. The number of pyridine rings is 1. The molecule has 0 aliphatic carbocycles. The summed E-state index contributed by atoms with van der Waals surface area (Å²) in [4.78, 5) is 10.0. The molecule has 0 saturated carbocycles. The van der Waals surface area contributed by atoms with E-state index in [-0.39, 0.29) is 0 Å². The van der Waals surface area contributed by atoms with Crippen molar-refractivity contribution in [1.29, 1.82) is 5.26 Å². The number of hydrogen-bond acceptors (Lipinski definition) is 4. The van der Waals surface area contributed by atoms with Crippen molar-refractivity contribution in [3.05, 3.63) is 41.5 Å². The van der Waals surface area contributed by atoms with E-state index >= 15 is 0 Å². The average Bonchev–Trinajstić information content (AvgIpc) is 3.31. The zero-order valence-corrected chi connectivity index (χ0v) is 16.7. The summed E-state index contributed by atoms with van der Waals surface area (Å²) < 4.78 is 2.19. The minimum Gasteiger partial charge on any atom is -0.358 e. The molecule has 2 aliphatic heterocycles. The van der Waals surface area contributed by atoms with Gasteiger partial charge in [-0.2, -0.15) is 5.26 Å². The number of rotatable bonds is 2. The Hall–Kier alpha value is -2.58. The summed E-state index contributed by atoms with van der Waals surface area (Å²) in [5, 5.41) is 9.70. The van der Waals surface area contributed by atoms with Crippen LogP contribution in [0.2, 0.25) is 0 Å². The van der Waals surface area contributed by atoms with Crippen LogP contribution in [0.1, 0.15) is 43.7 Å². The fourth-order valence-corrected chi connectivity index (χ4v) is 5.23. The number of nitrogens with zero attached hydrogens (tertiary/aromatic N) is 5. The number of hydrogen-bond donors (Lipinski definition) is 0. The van der Waals surface area contributed by atoms with Gasteiger partial charge in [0.25, 0.3) is 0 Å². The third-order valence-corrected chi connectivity index (χ3v) is 6.73. The second kappa shape index (κ2) is 6.79. The van der Waals surface area contributed by atoms with Crippen LogP contribution < -0.4 is 4.90 Å². The fraction of sp³-hybridized carbons (Fsp3) is 0.478. The number of para-hydroxylation sites is 2. The predicted octanol–water partition coefficient (Wildman–Crippen LogP) is 4.12. The molecule has 0 spiro atoms. The summed E-state index contributed by atoms with van der Waals surface area (Å²) in [6, 6.07) is 14.2. The van der Waals surface area contributed by atoms with Crippen molar-refractivity contribution in [2.24, 2.45) is 0 Å². The van der Waals surface area contributed by atoms with Gasteiger partial charge in [0, 0.05) is 25.2 Å². The minimum atomic E-state index is 0.681. The van der Waals surface area contributed by atoms with Gasteiger partial charge in [0.05, 0.1) is 16.6 Å². The van der Waals surface area contributed by atoms with Crippen molar-refractivity contribution in [3.8, 4) is 6.07 Å². The molecule has 5 heteroatoms. The summed E-state index contributed by atoms with van der Waals surface area (Å²) in [5.41, 5.74) is 4.51.